The van der Waals surface area contributed by atoms with Crippen LogP contribution in [0.3, 0.4) is 0 Å². The summed E-state index contributed by atoms with van der Waals surface area (Å²) in [6.45, 7) is 74.4. The molecule has 27 N–H and O–H groups in total. The summed E-state index contributed by atoms with van der Waals surface area (Å²) in [6, 6.07) is 20.9. The Morgan fingerprint density at radius 2 is 0.464 bits per heavy atom. The lowest BCUT2D eigenvalue weighted by Gasteiger charge is -2.24. The molecule has 2 aromatic rings. The number of carbonyl (C=O) groups excluding carboxylic acids is 12. The van der Waals surface area contributed by atoms with Gasteiger partial charge in [-0.1, -0.05) is 232 Å². The van der Waals surface area contributed by atoms with Crippen LogP contribution in [0.5, 0.6) is 0 Å². The number of amides is 1. The second-order valence-corrected chi connectivity index (χ2v) is 16.3. The lowest BCUT2D eigenvalue weighted by Crippen LogP contribution is -2.33. The molecule has 0 atom stereocenters. The Labute approximate surface area is 605 Å². The second-order valence-electron chi connectivity index (χ2n) is 16.3. The van der Waals surface area contributed by atoms with E-state index in [1.54, 1.807) is 20.8 Å². The molecule has 1 aliphatic rings. The van der Waals surface area contributed by atoms with Gasteiger partial charge in [0.15, 0.2) is 0 Å². The van der Waals surface area contributed by atoms with E-state index in [2.05, 4.69) is 206 Å². The number of nitrogens with two attached hydrogens (primary N) is 7. The molecule has 2 aromatic carbocycles. The van der Waals surface area contributed by atoms with Crippen LogP contribution in [0, 0.1) is 29.6 Å². The fourth-order valence-corrected chi connectivity index (χ4v) is 2.64. The number of aliphatic hydroxyl groups is 1. The van der Waals surface area contributed by atoms with E-state index in [9.17, 15) is 4.79 Å². The summed E-state index contributed by atoms with van der Waals surface area (Å²) in [4.78, 5) is 101. The molecular formula is C72H182N12O13. The Morgan fingerprint density at radius 3 is 0.526 bits per heavy atom. The number of aliphatic hydroxyl groups excluding tert-OH is 1. The minimum absolute atomic E-state index is 0. The van der Waals surface area contributed by atoms with E-state index < -0.39 is 0 Å². The quantitative estimate of drug-likeness (QED) is 0.128. The van der Waals surface area contributed by atoms with E-state index in [0.29, 0.717) is 0 Å². The van der Waals surface area contributed by atoms with Gasteiger partial charge in [-0.15, -0.1) is 0 Å². The molecule has 0 spiro atoms. The normalized spacial score (nSPS) is 7.08. The molecule has 0 aromatic heterocycles. The highest BCUT2D eigenvalue weighted by Crippen LogP contribution is 2.07. The van der Waals surface area contributed by atoms with Crippen LogP contribution in [0.15, 0.2) is 60.7 Å². The first-order valence-corrected chi connectivity index (χ1v) is 30.9. The molecule has 0 saturated carbocycles. The number of benzene rings is 2. The van der Waals surface area contributed by atoms with Crippen molar-refractivity contribution < 1.29 is 64.1 Å². The number of aryl methyl sites for hydroxylation is 2. The number of piperidine rings is 1. The van der Waals surface area contributed by atoms with Crippen molar-refractivity contribution in [3.05, 3.63) is 71.8 Å². The van der Waals surface area contributed by atoms with Gasteiger partial charge in [-0.25, -0.2) is 0 Å². The van der Waals surface area contributed by atoms with Crippen LogP contribution in [0.4, 0.5) is 0 Å². The fourth-order valence-electron chi connectivity index (χ4n) is 2.64. The van der Waals surface area contributed by atoms with E-state index >= 15 is 0 Å². The van der Waals surface area contributed by atoms with Crippen LogP contribution in [-0.2, 0) is 70.4 Å². The van der Waals surface area contributed by atoms with E-state index in [0.717, 1.165) is 55.5 Å². The Kier molecular flexibility index (Phi) is 720. The Hall–Kier alpha value is -6.20. The first-order valence-electron chi connectivity index (χ1n) is 30.9. The van der Waals surface area contributed by atoms with Gasteiger partial charge in [0.05, 0.1) is 0 Å². The molecule has 1 saturated heterocycles. The molecule has 0 unspecified atom stereocenters. The molecule has 1 amide bonds. The Morgan fingerprint density at radius 1 is 0.351 bits per heavy atom. The van der Waals surface area contributed by atoms with Crippen LogP contribution in [0.1, 0.15) is 224 Å². The zero-order valence-electron chi connectivity index (χ0n) is 70.0. The van der Waals surface area contributed by atoms with Crippen molar-refractivity contribution in [2.45, 2.75) is 230 Å². The van der Waals surface area contributed by atoms with Crippen molar-refractivity contribution in [1.82, 2.24) is 29.5 Å². The highest BCUT2D eigenvalue weighted by Gasteiger charge is 2.11. The molecule has 25 nitrogen and oxygen atoms in total. The van der Waals surface area contributed by atoms with Crippen LogP contribution >= 0.6 is 0 Å². The zero-order chi connectivity index (χ0) is 82.6. The van der Waals surface area contributed by atoms with Crippen molar-refractivity contribution in [3.8, 4) is 0 Å². The van der Waals surface area contributed by atoms with Crippen molar-refractivity contribution in [2.24, 2.45) is 69.7 Å². The summed E-state index contributed by atoms with van der Waals surface area (Å²) < 4.78 is 0. The number of carbonyl (C=O) groups is 12. The average Bonchev–Trinajstić information content (AvgIpc) is 3.28. The molecule has 0 bridgehead atoms. The van der Waals surface area contributed by atoms with Gasteiger partial charge in [0.25, 0.3) is 0 Å². The van der Waals surface area contributed by atoms with Gasteiger partial charge in [-0.3, -0.25) is 4.79 Å². The third-order valence-electron chi connectivity index (χ3n) is 7.57. The van der Waals surface area contributed by atoms with Gasteiger partial charge in [0.2, 0.25) is 5.91 Å². The van der Waals surface area contributed by atoms with Gasteiger partial charge in [-0.2, -0.15) is 0 Å². The van der Waals surface area contributed by atoms with E-state index in [1.807, 2.05) is 119 Å². The average molecular weight is 1420 g/mol. The number of nitrogens with zero attached hydrogens (tertiary/aromatic N) is 1. The maximum Gasteiger partial charge on any atom is 0.219 e. The molecule has 1 heterocycles. The predicted octanol–water partition coefficient (Wildman–Crippen LogP) is 13.7. The van der Waals surface area contributed by atoms with Crippen molar-refractivity contribution in [3.63, 3.8) is 0 Å². The summed E-state index contributed by atoms with van der Waals surface area (Å²) in [7, 11) is 10.5. The van der Waals surface area contributed by atoms with Crippen molar-refractivity contribution in [1.29, 1.82) is 0 Å². The molecule has 0 aliphatic carbocycles. The second kappa shape index (κ2) is 353. The maximum absolute atomic E-state index is 10.7. The highest BCUT2D eigenvalue weighted by molar-refractivity contribution is 5.73. The first-order chi connectivity index (χ1) is 44.7. The summed E-state index contributed by atoms with van der Waals surface area (Å²) >= 11 is 0. The number of likely N-dealkylation sites (tertiary alicyclic amines) is 1. The monoisotopic (exact) mass is 1420 g/mol. The zero-order valence-corrected chi connectivity index (χ0v) is 70.0. The van der Waals surface area contributed by atoms with Crippen LogP contribution in [-0.4, -0.2) is 159 Å². The molecule has 0 radical (unpaired) electrons. The summed E-state index contributed by atoms with van der Waals surface area (Å²) in [6.07, 6.45) is 11.0. The molecule has 3 rings (SSSR count). The van der Waals surface area contributed by atoms with Gasteiger partial charge in [-0.05, 0) is 136 Å². The molecule has 97 heavy (non-hydrogen) atoms. The molecule has 25 heteroatoms. The maximum atomic E-state index is 10.7. The molecular weight excluding hydrogens is 1240 g/mol. The van der Waals surface area contributed by atoms with Gasteiger partial charge in [0.1, 0.15) is 74.7 Å². The van der Waals surface area contributed by atoms with Crippen molar-refractivity contribution >= 4 is 80.6 Å². The Bertz CT molecular complexity index is 1030. The summed E-state index contributed by atoms with van der Waals surface area (Å²) in [5, 5.41) is 8.06. The van der Waals surface area contributed by atoms with Gasteiger partial charge < -0.3 is 127 Å². The van der Waals surface area contributed by atoms with Gasteiger partial charge in [0, 0.05) is 27.5 Å². The molecule has 608 valence electrons. The van der Waals surface area contributed by atoms with Crippen LogP contribution < -0.4 is 64.7 Å². The van der Waals surface area contributed by atoms with E-state index in [-0.39, 0.29) is 38.0 Å². The number of hydrogen-bond acceptors (Lipinski definition) is 24. The lowest BCUT2D eigenvalue weighted by molar-refractivity contribution is -0.129. The largest absolute Gasteiger partial charge is 0.394 e. The smallest absolute Gasteiger partial charge is 0.219 e. The van der Waals surface area contributed by atoms with Crippen LogP contribution in [0.2, 0.25) is 0 Å². The molecule has 1 fully saturated rings. The fraction of sp³-hybridized carbons (Fsp3) is 0.667. The van der Waals surface area contributed by atoms with E-state index in [4.69, 9.17) is 57.8 Å². The minimum atomic E-state index is -0.167. The van der Waals surface area contributed by atoms with Crippen molar-refractivity contribution in [2.75, 3.05) is 62.4 Å². The number of rotatable bonds is 6. The lowest BCUT2D eigenvalue weighted by atomic mass is 10.1. The summed E-state index contributed by atoms with van der Waals surface area (Å²) in [5.41, 5.74) is 34.3. The van der Waals surface area contributed by atoms with Crippen LogP contribution in [0.25, 0.3) is 0 Å². The predicted molar refractivity (Wildman–Crippen MR) is 440 cm³/mol. The summed E-state index contributed by atoms with van der Waals surface area (Å²) in [5.74, 6) is 4.60. The number of hydrogen-bond donors (Lipinski definition) is 12. The van der Waals surface area contributed by atoms with E-state index in [1.165, 1.54) is 105 Å². The Balaban J connectivity index is -0.0000000167. The first kappa shape index (κ1) is 198. The molecule has 1 aliphatic heterocycles. The third kappa shape index (κ3) is 606. The third-order valence-corrected chi connectivity index (χ3v) is 7.57. The minimum Gasteiger partial charge on any atom is -0.394 e. The standard InChI is InChI=1S/2C8H10.C7H13NO.4C5H12.C4H10.C3H8O.2C2H6.7CH5N.11CH2O.4H3N.H2/c2*1-2-8-6-4-3-5-7-8;1-7(9)8-5-3-2-4-6-8;4*1-4-5(2)3;1-4(2)3;1-3(2)4;20*1-2;;;;;/h2*3-7H,2H2,1H3;2-6H2,1H3;4*5H,4H2,1-3H3;4H,1-3H3;3-4H,1-2H3;2*1-2H3;7*2H2,1H3;11*1H2;4*1H3;1H. The topological polar surface area (TPSA) is 550 Å². The van der Waals surface area contributed by atoms with Gasteiger partial charge >= 0.3 is 0 Å². The SMILES string of the molecule is C=O.C=O.C=O.C=O.C=O.C=O.C=O.C=O.C=O.C=O.C=O.CC.CC.CC(=O)N1CCCCC1.CC(C)C.CC(C)O.CCC(C)C.CCC(C)C.CCC(C)C.CCC(C)C.CCc1ccccc1.CCc1ccccc1.CN.CN.CN.CN.CN.CN.CN.N.N.N.N.[HH]. The highest BCUT2D eigenvalue weighted by atomic mass is 16.3.